The third-order valence-corrected chi connectivity index (χ3v) is 5.87. The van der Waals surface area contributed by atoms with Gasteiger partial charge in [0.15, 0.2) is 0 Å². The fourth-order valence-corrected chi connectivity index (χ4v) is 4.57. The molecule has 4 nitrogen and oxygen atoms in total. The van der Waals surface area contributed by atoms with Crippen LogP contribution in [-0.4, -0.2) is 26.0 Å². The smallest absolute Gasteiger partial charge is 0.238 e. The van der Waals surface area contributed by atoms with Crippen molar-refractivity contribution in [2.24, 2.45) is 10.6 Å². The highest BCUT2D eigenvalue weighted by molar-refractivity contribution is 7.99. The number of sulfonamides is 1. The molecule has 1 aromatic carbocycles. The number of hydrogen-bond donors (Lipinski definition) is 2. The van der Waals surface area contributed by atoms with Gasteiger partial charge in [-0.3, -0.25) is 0 Å². The van der Waals surface area contributed by atoms with Gasteiger partial charge in [0.25, 0.3) is 0 Å². The van der Waals surface area contributed by atoms with Crippen LogP contribution >= 0.6 is 11.8 Å². The molecule has 0 saturated carbocycles. The molecule has 1 saturated heterocycles. The number of nitrogens with one attached hydrogen (secondary N) is 1. The van der Waals surface area contributed by atoms with E-state index in [9.17, 15) is 8.42 Å². The van der Waals surface area contributed by atoms with Crippen molar-refractivity contribution in [1.29, 1.82) is 0 Å². The minimum atomic E-state index is -3.62. The van der Waals surface area contributed by atoms with E-state index in [0.29, 0.717) is 12.6 Å². The van der Waals surface area contributed by atoms with Crippen molar-refractivity contribution >= 4 is 21.8 Å². The fourth-order valence-electron chi connectivity index (χ4n) is 2.34. The average Bonchev–Trinajstić information content (AvgIpc) is 2.36. The molecule has 0 aromatic heterocycles. The van der Waals surface area contributed by atoms with Gasteiger partial charge in [0.2, 0.25) is 10.0 Å². The van der Waals surface area contributed by atoms with Crippen molar-refractivity contribution < 1.29 is 8.42 Å². The summed E-state index contributed by atoms with van der Waals surface area (Å²) >= 11 is 1.97. The summed E-state index contributed by atoms with van der Waals surface area (Å²) in [7, 11) is -3.62. The highest BCUT2D eigenvalue weighted by Gasteiger charge is 2.31. The highest BCUT2D eigenvalue weighted by Crippen LogP contribution is 2.34. The molecule has 1 aromatic rings. The molecule has 1 fully saturated rings. The summed E-state index contributed by atoms with van der Waals surface area (Å²) < 4.78 is 22.7. The van der Waals surface area contributed by atoms with Gasteiger partial charge in [-0.05, 0) is 35.3 Å². The van der Waals surface area contributed by atoms with Gasteiger partial charge in [0.05, 0.1) is 4.90 Å². The lowest BCUT2D eigenvalue weighted by molar-refractivity contribution is 0.245. The van der Waals surface area contributed by atoms with Crippen LogP contribution < -0.4 is 10.5 Å². The van der Waals surface area contributed by atoms with Gasteiger partial charge in [0, 0.05) is 18.3 Å². The Bertz CT molecular complexity index is 570. The van der Waals surface area contributed by atoms with Gasteiger partial charge in [-0.15, -0.1) is 0 Å². The lowest BCUT2D eigenvalue weighted by atomic mass is 9.82. The van der Waals surface area contributed by atoms with Crippen LogP contribution in [0.5, 0.6) is 0 Å². The minimum Gasteiger partial charge on any atom is -0.309 e. The zero-order valence-corrected chi connectivity index (χ0v) is 13.6. The van der Waals surface area contributed by atoms with Crippen LogP contribution in [0.3, 0.4) is 0 Å². The van der Waals surface area contributed by atoms with Crippen LogP contribution in [0.4, 0.5) is 0 Å². The Morgan fingerprint density at radius 2 is 2.20 bits per heavy atom. The number of thioether (sulfide) groups is 1. The summed E-state index contributed by atoms with van der Waals surface area (Å²) in [5, 5.41) is 8.71. The SMILES string of the molecule is CC1(C)CCSCC1NCc1cccc(S(N)(=O)=O)c1. The highest BCUT2D eigenvalue weighted by atomic mass is 32.2. The van der Waals surface area contributed by atoms with Crippen molar-refractivity contribution in [1.82, 2.24) is 5.32 Å². The van der Waals surface area contributed by atoms with E-state index in [1.165, 1.54) is 18.2 Å². The van der Waals surface area contributed by atoms with E-state index in [1.807, 2.05) is 17.8 Å². The molecule has 1 aliphatic heterocycles. The third kappa shape index (κ3) is 3.97. The Balaban J connectivity index is 2.04. The molecule has 3 N–H and O–H groups in total. The van der Waals surface area contributed by atoms with Crippen molar-refractivity contribution in [2.45, 2.75) is 37.8 Å². The van der Waals surface area contributed by atoms with Gasteiger partial charge in [-0.1, -0.05) is 26.0 Å². The number of primary sulfonamides is 1. The second kappa shape index (κ2) is 6.05. The second-order valence-electron chi connectivity index (χ2n) is 5.94. The maximum atomic E-state index is 11.3. The Kier molecular flexibility index (Phi) is 4.79. The molecule has 2 rings (SSSR count). The molecule has 0 bridgehead atoms. The Morgan fingerprint density at radius 1 is 1.45 bits per heavy atom. The zero-order chi connectivity index (χ0) is 14.8. The predicted octanol–water partition coefficient (Wildman–Crippen LogP) is 1.96. The summed E-state index contributed by atoms with van der Waals surface area (Å²) in [6, 6.07) is 7.27. The van der Waals surface area contributed by atoms with Crippen molar-refractivity contribution in [3.63, 3.8) is 0 Å². The van der Waals surface area contributed by atoms with Gasteiger partial charge in [-0.2, -0.15) is 11.8 Å². The topological polar surface area (TPSA) is 72.2 Å². The number of rotatable bonds is 4. The summed E-state index contributed by atoms with van der Waals surface area (Å²) in [4.78, 5) is 0.175. The molecule has 1 atom stereocenters. The fraction of sp³-hybridized carbons (Fsp3) is 0.571. The van der Waals surface area contributed by atoms with Gasteiger partial charge in [0.1, 0.15) is 0 Å². The molecule has 1 unspecified atom stereocenters. The third-order valence-electron chi connectivity index (χ3n) is 3.90. The molecule has 6 heteroatoms. The van der Waals surface area contributed by atoms with Crippen molar-refractivity contribution in [3.8, 4) is 0 Å². The summed E-state index contributed by atoms with van der Waals surface area (Å²) in [6.45, 7) is 5.23. The van der Waals surface area contributed by atoms with E-state index in [0.717, 1.165) is 11.3 Å². The van der Waals surface area contributed by atoms with Crippen LogP contribution in [0.1, 0.15) is 25.8 Å². The van der Waals surface area contributed by atoms with E-state index >= 15 is 0 Å². The molecule has 0 amide bonds. The van der Waals surface area contributed by atoms with E-state index in [4.69, 9.17) is 5.14 Å². The molecule has 0 aliphatic carbocycles. The Hall–Kier alpha value is -0.560. The zero-order valence-electron chi connectivity index (χ0n) is 11.9. The molecular weight excluding hydrogens is 292 g/mol. The number of benzene rings is 1. The molecular formula is C14H22N2O2S2. The first kappa shape index (κ1) is 15.8. The maximum Gasteiger partial charge on any atom is 0.238 e. The minimum absolute atomic E-state index is 0.175. The molecule has 0 spiro atoms. The largest absolute Gasteiger partial charge is 0.309 e. The quantitative estimate of drug-likeness (QED) is 0.891. The van der Waals surface area contributed by atoms with Gasteiger partial charge >= 0.3 is 0 Å². The van der Waals surface area contributed by atoms with E-state index in [2.05, 4.69) is 19.2 Å². The van der Waals surface area contributed by atoms with E-state index in [-0.39, 0.29) is 10.3 Å². The average molecular weight is 314 g/mol. The Labute approximate surface area is 125 Å². The van der Waals surface area contributed by atoms with Crippen molar-refractivity contribution in [2.75, 3.05) is 11.5 Å². The summed E-state index contributed by atoms with van der Waals surface area (Å²) in [5.74, 6) is 2.31. The van der Waals surface area contributed by atoms with Crippen LogP contribution in [0.2, 0.25) is 0 Å². The first-order valence-corrected chi connectivity index (χ1v) is 9.42. The molecule has 112 valence electrons. The maximum absolute atomic E-state index is 11.3. The lowest BCUT2D eigenvalue weighted by Crippen LogP contribution is -2.46. The molecule has 0 radical (unpaired) electrons. The molecule has 1 aliphatic rings. The van der Waals surface area contributed by atoms with Crippen LogP contribution in [-0.2, 0) is 16.6 Å². The Morgan fingerprint density at radius 3 is 2.85 bits per heavy atom. The van der Waals surface area contributed by atoms with E-state index in [1.54, 1.807) is 12.1 Å². The molecule has 1 heterocycles. The van der Waals surface area contributed by atoms with Crippen LogP contribution in [0.15, 0.2) is 29.2 Å². The first-order chi connectivity index (χ1) is 9.29. The second-order valence-corrected chi connectivity index (χ2v) is 8.65. The standard InChI is InChI=1S/C14H22N2O2S2/c1-14(2)6-7-19-10-13(14)16-9-11-4-3-5-12(8-11)20(15,17)18/h3-5,8,13,16H,6-7,9-10H2,1-2H3,(H2,15,17,18). The predicted molar refractivity (Wildman–Crippen MR) is 84.2 cm³/mol. The first-order valence-electron chi connectivity index (χ1n) is 6.72. The van der Waals surface area contributed by atoms with Gasteiger partial charge in [-0.25, -0.2) is 13.6 Å². The lowest BCUT2D eigenvalue weighted by Gasteiger charge is -2.39. The van der Waals surface area contributed by atoms with Crippen LogP contribution in [0, 0.1) is 5.41 Å². The molecule has 20 heavy (non-hydrogen) atoms. The normalized spacial score (nSPS) is 22.6. The van der Waals surface area contributed by atoms with Crippen molar-refractivity contribution in [3.05, 3.63) is 29.8 Å². The number of nitrogens with two attached hydrogens (primary N) is 1. The van der Waals surface area contributed by atoms with Crippen LogP contribution in [0.25, 0.3) is 0 Å². The monoisotopic (exact) mass is 314 g/mol. The number of hydrogen-bond acceptors (Lipinski definition) is 4. The summed E-state index contributed by atoms with van der Waals surface area (Å²) in [5.41, 5.74) is 1.23. The van der Waals surface area contributed by atoms with Gasteiger partial charge < -0.3 is 5.32 Å². The van der Waals surface area contributed by atoms with E-state index < -0.39 is 10.0 Å². The summed E-state index contributed by atoms with van der Waals surface area (Å²) in [6.07, 6.45) is 1.20.